The summed E-state index contributed by atoms with van der Waals surface area (Å²) >= 11 is 1.36. The van der Waals surface area contributed by atoms with Gasteiger partial charge in [0, 0.05) is 36.1 Å². The van der Waals surface area contributed by atoms with Crippen LogP contribution in [0.3, 0.4) is 0 Å². The molecule has 2 aromatic carbocycles. The zero-order chi connectivity index (χ0) is 33.2. The van der Waals surface area contributed by atoms with Gasteiger partial charge in [-0.2, -0.15) is 0 Å². The summed E-state index contributed by atoms with van der Waals surface area (Å²) in [7, 11) is 1.53. The van der Waals surface area contributed by atoms with E-state index in [0.717, 1.165) is 11.1 Å². The average molecular weight is 649 g/mol. The number of aliphatic hydroxyl groups is 1. The molecule has 240 valence electrons. The summed E-state index contributed by atoms with van der Waals surface area (Å²) in [5.41, 5.74) is 2.73. The van der Waals surface area contributed by atoms with Crippen molar-refractivity contribution >= 4 is 50.3 Å². The van der Waals surface area contributed by atoms with Crippen LogP contribution in [-0.4, -0.2) is 68.5 Å². The zero-order valence-electron chi connectivity index (χ0n) is 26.0. The Labute approximate surface area is 268 Å². The Morgan fingerprint density at radius 3 is 2.59 bits per heavy atom. The fourth-order valence-corrected chi connectivity index (χ4v) is 5.37. The standard InChI is InChI=1S/C32H33FN6O6S/c1-16-9-20(28-23(10-16)38-27(43-6)14-35-28)30-39-22-12-21(33)25(13-26(22)46-30)44-17(2)18(3)45-31(41)37-19-7-8-34-24(11-19)29(40)36-15-32(4,5)42/h7-14,17-18,42H,15H2,1-6H3,(H,36,40)(H,34,37,41)/t17-,18+/m0/s1. The molecule has 5 rings (SSSR count). The van der Waals surface area contributed by atoms with E-state index in [4.69, 9.17) is 14.2 Å². The molecule has 2 amide bonds. The lowest BCUT2D eigenvalue weighted by Crippen LogP contribution is -2.38. The summed E-state index contributed by atoms with van der Waals surface area (Å²) in [6.45, 7) is 8.36. The molecule has 0 bridgehead atoms. The Morgan fingerprint density at radius 2 is 1.85 bits per heavy atom. The number of aromatic nitrogens is 4. The SMILES string of the molecule is COc1cnc2c(-c3nc4cc(F)c(O[C@@H](C)[C@@H](C)OC(=O)Nc5ccnc(C(=O)NCC(C)(C)O)c5)cc4s3)cc(C)cc2n1. The highest BCUT2D eigenvalue weighted by Gasteiger charge is 2.22. The molecule has 3 heterocycles. The van der Waals surface area contributed by atoms with Crippen LogP contribution in [0.25, 0.3) is 31.8 Å². The second kappa shape index (κ2) is 13.2. The average Bonchev–Trinajstić information content (AvgIpc) is 3.41. The topological polar surface area (TPSA) is 158 Å². The zero-order valence-corrected chi connectivity index (χ0v) is 26.9. The molecule has 0 fully saturated rings. The Balaban J connectivity index is 1.26. The van der Waals surface area contributed by atoms with E-state index in [0.29, 0.717) is 32.1 Å². The molecule has 46 heavy (non-hydrogen) atoms. The third-order valence-electron chi connectivity index (χ3n) is 6.84. The Bertz CT molecular complexity index is 1930. The highest BCUT2D eigenvalue weighted by atomic mass is 32.1. The van der Waals surface area contributed by atoms with Crippen LogP contribution in [0.15, 0.2) is 48.8 Å². The number of nitrogens with one attached hydrogen (secondary N) is 2. The number of benzene rings is 2. The Hall–Kier alpha value is -4.95. The number of fused-ring (bicyclic) bond motifs is 2. The van der Waals surface area contributed by atoms with Crippen molar-refractivity contribution in [2.75, 3.05) is 19.0 Å². The number of halogens is 1. The summed E-state index contributed by atoms with van der Waals surface area (Å²) in [5, 5.41) is 15.6. The minimum atomic E-state index is -1.09. The molecule has 2 atom stereocenters. The molecule has 3 N–H and O–H groups in total. The van der Waals surface area contributed by atoms with Crippen molar-refractivity contribution < 1.29 is 33.3 Å². The number of carbonyl (C=O) groups excluding carboxylic acids is 2. The van der Waals surface area contributed by atoms with Crippen molar-refractivity contribution in [2.24, 2.45) is 0 Å². The van der Waals surface area contributed by atoms with Crippen LogP contribution in [0.1, 0.15) is 43.7 Å². The van der Waals surface area contributed by atoms with Gasteiger partial charge in [0.05, 0.1) is 40.2 Å². The maximum atomic E-state index is 15.2. The van der Waals surface area contributed by atoms with Gasteiger partial charge in [0.1, 0.15) is 22.9 Å². The number of aryl methyl sites for hydroxylation is 1. The van der Waals surface area contributed by atoms with Crippen molar-refractivity contribution in [1.82, 2.24) is 25.3 Å². The van der Waals surface area contributed by atoms with Crippen LogP contribution in [0.4, 0.5) is 14.9 Å². The lowest BCUT2D eigenvalue weighted by molar-refractivity contribution is 0.0402. The number of methoxy groups -OCH3 is 1. The van der Waals surface area contributed by atoms with Gasteiger partial charge < -0.3 is 24.6 Å². The van der Waals surface area contributed by atoms with Gasteiger partial charge in [-0.3, -0.25) is 15.1 Å². The molecule has 3 aromatic heterocycles. The molecular formula is C32H33FN6O6S. The van der Waals surface area contributed by atoms with E-state index in [1.165, 1.54) is 42.8 Å². The van der Waals surface area contributed by atoms with E-state index >= 15 is 4.39 Å². The maximum absolute atomic E-state index is 15.2. The smallest absolute Gasteiger partial charge is 0.412 e. The summed E-state index contributed by atoms with van der Waals surface area (Å²) in [4.78, 5) is 42.6. The predicted molar refractivity (Wildman–Crippen MR) is 172 cm³/mol. The minimum absolute atomic E-state index is 0.0134. The molecule has 12 nitrogen and oxygen atoms in total. The molecular weight excluding hydrogens is 615 g/mol. The predicted octanol–water partition coefficient (Wildman–Crippen LogP) is 5.66. The fourth-order valence-electron chi connectivity index (χ4n) is 4.37. The summed E-state index contributed by atoms with van der Waals surface area (Å²) in [6.07, 6.45) is 0.596. The molecule has 0 saturated carbocycles. The first-order valence-corrected chi connectivity index (χ1v) is 15.1. The number of anilines is 1. The van der Waals surface area contributed by atoms with Gasteiger partial charge in [0.25, 0.3) is 5.91 Å². The summed E-state index contributed by atoms with van der Waals surface area (Å²) in [5.74, 6) is -0.737. The maximum Gasteiger partial charge on any atom is 0.412 e. The van der Waals surface area contributed by atoms with Crippen LogP contribution in [-0.2, 0) is 4.74 Å². The van der Waals surface area contributed by atoms with Gasteiger partial charge in [-0.15, -0.1) is 11.3 Å². The number of carbonyl (C=O) groups is 2. The van der Waals surface area contributed by atoms with E-state index in [9.17, 15) is 14.7 Å². The summed E-state index contributed by atoms with van der Waals surface area (Å²) < 4.78 is 32.4. The number of nitrogens with zero attached hydrogens (tertiary/aromatic N) is 4. The number of pyridine rings is 1. The summed E-state index contributed by atoms with van der Waals surface area (Å²) in [6, 6.07) is 9.62. The van der Waals surface area contributed by atoms with Crippen LogP contribution in [0, 0.1) is 12.7 Å². The second-order valence-electron chi connectivity index (χ2n) is 11.3. The minimum Gasteiger partial charge on any atom is -0.484 e. The van der Waals surface area contributed by atoms with Gasteiger partial charge in [-0.1, -0.05) is 0 Å². The lowest BCUT2D eigenvalue weighted by atomic mass is 10.1. The highest BCUT2D eigenvalue weighted by molar-refractivity contribution is 7.21. The quantitative estimate of drug-likeness (QED) is 0.173. The number of hydrogen-bond acceptors (Lipinski definition) is 11. The number of rotatable bonds is 10. The second-order valence-corrected chi connectivity index (χ2v) is 12.4. The van der Waals surface area contributed by atoms with Gasteiger partial charge >= 0.3 is 6.09 Å². The van der Waals surface area contributed by atoms with Gasteiger partial charge in [-0.05, 0) is 64.4 Å². The molecule has 0 unspecified atom stereocenters. The van der Waals surface area contributed by atoms with Crippen LogP contribution < -0.4 is 20.1 Å². The first kappa shape index (κ1) is 32.4. The van der Waals surface area contributed by atoms with Crippen molar-refractivity contribution in [1.29, 1.82) is 0 Å². The molecule has 14 heteroatoms. The molecule has 5 aromatic rings. The molecule has 0 aliphatic heterocycles. The number of amides is 2. The largest absolute Gasteiger partial charge is 0.484 e. The first-order chi connectivity index (χ1) is 21.8. The normalized spacial score (nSPS) is 12.9. The van der Waals surface area contributed by atoms with E-state index in [-0.39, 0.29) is 23.7 Å². The monoisotopic (exact) mass is 648 g/mol. The van der Waals surface area contributed by atoms with Crippen molar-refractivity contribution in [3.05, 3.63) is 65.9 Å². The van der Waals surface area contributed by atoms with Crippen molar-refractivity contribution in [2.45, 2.75) is 52.4 Å². The molecule has 0 spiro atoms. The highest BCUT2D eigenvalue weighted by Crippen LogP contribution is 2.37. The third-order valence-corrected chi connectivity index (χ3v) is 7.89. The lowest BCUT2D eigenvalue weighted by Gasteiger charge is -2.22. The molecule has 0 radical (unpaired) electrons. The van der Waals surface area contributed by atoms with Gasteiger partial charge in [0.2, 0.25) is 5.88 Å². The first-order valence-electron chi connectivity index (χ1n) is 14.3. The molecule has 0 aliphatic carbocycles. The van der Waals surface area contributed by atoms with Gasteiger partial charge in [0.15, 0.2) is 11.6 Å². The van der Waals surface area contributed by atoms with Crippen LogP contribution in [0.5, 0.6) is 11.6 Å². The fraction of sp³-hybridized carbons (Fsp3) is 0.312. The number of ether oxygens (including phenoxy) is 3. The number of thiazole rings is 1. The Kier molecular flexibility index (Phi) is 9.30. The van der Waals surface area contributed by atoms with Crippen LogP contribution in [0.2, 0.25) is 0 Å². The third kappa shape index (κ3) is 7.64. The van der Waals surface area contributed by atoms with Crippen molar-refractivity contribution in [3.63, 3.8) is 0 Å². The number of hydrogen-bond donors (Lipinski definition) is 3. The van der Waals surface area contributed by atoms with E-state index in [2.05, 4.69) is 30.6 Å². The van der Waals surface area contributed by atoms with Crippen molar-refractivity contribution in [3.8, 4) is 22.2 Å². The van der Waals surface area contributed by atoms with E-state index in [1.54, 1.807) is 40.0 Å². The molecule has 0 aliphatic rings. The molecule has 0 saturated heterocycles. The van der Waals surface area contributed by atoms with Crippen LogP contribution >= 0.6 is 11.3 Å². The Morgan fingerprint density at radius 1 is 1.07 bits per heavy atom. The van der Waals surface area contributed by atoms with E-state index in [1.807, 2.05) is 19.1 Å². The van der Waals surface area contributed by atoms with E-state index < -0.39 is 35.6 Å². The van der Waals surface area contributed by atoms with Gasteiger partial charge in [-0.25, -0.2) is 24.1 Å².